The van der Waals surface area contributed by atoms with Gasteiger partial charge < -0.3 is 14.1 Å². The fourth-order valence-electron chi connectivity index (χ4n) is 2.42. The lowest BCUT2D eigenvalue weighted by Crippen LogP contribution is -2.48. The number of morpholine rings is 1. The van der Waals surface area contributed by atoms with Gasteiger partial charge >= 0.3 is 0 Å². The molecule has 0 aliphatic carbocycles. The summed E-state index contributed by atoms with van der Waals surface area (Å²) in [5.41, 5.74) is 2.13. The van der Waals surface area contributed by atoms with E-state index in [9.17, 15) is 4.79 Å². The third-order valence-electron chi connectivity index (χ3n) is 5.15. The smallest absolute Gasteiger partial charge is 0.255 e. The van der Waals surface area contributed by atoms with Gasteiger partial charge in [0.1, 0.15) is 0 Å². The summed E-state index contributed by atoms with van der Waals surface area (Å²) in [5, 5.41) is 0.0568. The topological polar surface area (TPSA) is 38.8 Å². The van der Waals surface area contributed by atoms with Crippen molar-refractivity contribution in [2.75, 3.05) is 26.3 Å². The Labute approximate surface area is 147 Å². The molecule has 4 nitrogen and oxygen atoms in total. The molecule has 1 saturated heterocycles. The lowest BCUT2D eigenvalue weighted by Gasteiger charge is -2.40. The molecule has 1 aromatic rings. The number of carbonyl (C=O) groups excluding carboxylic acids is 1. The van der Waals surface area contributed by atoms with Gasteiger partial charge in [0.25, 0.3) is 5.91 Å². The average Bonchev–Trinajstić information content (AvgIpc) is 2.53. The molecule has 0 spiro atoms. The van der Waals surface area contributed by atoms with Crippen molar-refractivity contribution >= 4 is 14.2 Å². The zero-order valence-corrected chi connectivity index (χ0v) is 16.9. The number of hydrogen-bond acceptors (Lipinski definition) is 3. The largest absolute Gasteiger partial charge is 0.402 e. The van der Waals surface area contributed by atoms with Crippen LogP contribution in [-0.4, -0.2) is 45.4 Å². The van der Waals surface area contributed by atoms with Crippen LogP contribution in [0.3, 0.4) is 0 Å². The molecule has 24 heavy (non-hydrogen) atoms. The van der Waals surface area contributed by atoms with E-state index in [0.717, 1.165) is 5.56 Å². The normalized spacial score (nSPS) is 17.7. The Morgan fingerprint density at radius 3 is 2.21 bits per heavy atom. The summed E-state index contributed by atoms with van der Waals surface area (Å²) < 4.78 is 11.9. The second kappa shape index (κ2) is 7.38. The highest BCUT2D eigenvalue weighted by molar-refractivity contribution is 6.74. The van der Waals surface area contributed by atoms with Gasteiger partial charge in [-0.15, -0.1) is 0 Å². The number of hydrogen-bond donors (Lipinski definition) is 0. The molecule has 1 aliphatic rings. The van der Waals surface area contributed by atoms with Gasteiger partial charge in [-0.25, -0.2) is 0 Å². The first-order valence-electron chi connectivity index (χ1n) is 8.73. The van der Waals surface area contributed by atoms with Crippen LogP contribution in [0.5, 0.6) is 0 Å². The van der Waals surface area contributed by atoms with Crippen LogP contribution in [0, 0.1) is 6.92 Å². The van der Waals surface area contributed by atoms with Crippen LogP contribution in [0.1, 0.15) is 38.0 Å². The van der Waals surface area contributed by atoms with E-state index in [1.54, 1.807) is 0 Å². The molecule has 134 valence electrons. The molecule has 1 fully saturated rings. The van der Waals surface area contributed by atoms with Crippen LogP contribution in [0.25, 0.3) is 0 Å². The number of carbonyl (C=O) groups is 1. The van der Waals surface area contributed by atoms with Crippen LogP contribution in [0.4, 0.5) is 0 Å². The van der Waals surface area contributed by atoms with E-state index in [2.05, 4.69) is 40.8 Å². The Kier molecular flexibility index (Phi) is 5.89. The molecule has 1 heterocycles. The predicted octanol–water partition coefficient (Wildman–Crippen LogP) is 3.92. The van der Waals surface area contributed by atoms with Crippen LogP contribution in [-0.2, 0) is 14.0 Å². The average molecular weight is 350 g/mol. The fraction of sp³-hybridized carbons (Fsp3) is 0.632. The summed E-state index contributed by atoms with van der Waals surface area (Å²) in [5.74, 6) is 0.0620. The SMILES string of the molecule is Cc1ccc(C(O[Si](C)(C)C(C)(C)C)C(=O)N2CCOCC2)cc1. The highest BCUT2D eigenvalue weighted by atomic mass is 28.4. The van der Waals surface area contributed by atoms with E-state index in [4.69, 9.17) is 9.16 Å². The fourth-order valence-corrected chi connectivity index (χ4v) is 3.60. The number of amides is 1. The van der Waals surface area contributed by atoms with Crippen LogP contribution in [0.2, 0.25) is 18.1 Å². The summed E-state index contributed by atoms with van der Waals surface area (Å²) in [6.07, 6.45) is -0.524. The summed E-state index contributed by atoms with van der Waals surface area (Å²) in [7, 11) is -2.07. The minimum absolute atomic E-state index is 0.0568. The molecular formula is C19H31NO3Si. The van der Waals surface area contributed by atoms with E-state index in [1.165, 1.54) is 5.56 Å². The van der Waals surface area contributed by atoms with E-state index < -0.39 is 14.4 Å². The third kappa shape index (κ3) is 4.46. The summed E-state index contributed by atoms with van der Waals surface area (Å²) in [6.45, 7) is 15.5. The molecule has 5 heteroatoms. The van der Waals surface area contributed by atoms with Gasteiger partial charge in [-0.2, -0.15) is 0 Å². The van der Waals surface area contributed by atoms with Gasteiger partial charge in [-0.3, -0.25) is 4.79 Å². The van der Waals surface area contributed by atoms with Gasteiger partial charge in [-0.05, 0) is 30.6 Å². The van der Waals surface area contributed by atoms with Gasteiger partial charge in [0, 0.05) is 13.1 Å². The maximum Gasteiger partial charge on any atom is 0.255 e. The van der Waals surface area contributed by atoms with Crippen molar-refractivity contribution in [3.05, 3.63) is 35.4 Å². The Morgan fingerprint density at radius 2 is 1.71 bits per heavy atom. The Hall–Kier alpha value is -1.17. The van der Waals surface area contributed by atoms with E-state index in [0.29, 0.717) is 26.3 Å². The first-order valence-corrected chi connectivity index (χ1v) is 11.6. The molecule has 0 radical (unpaired) electrons. The summed E-state index contributed by atoms with van der Waals surface area (Å²) >= 11 is 0. The van der Waals surface area contributed by atoms with Crippen molar-refractivity contribution in [2.45, 2.75) is 51.9 Å². The number of benzene rings is 1. The van der Waals surface area contributed by atoms with Crippen molar-refractivity contribution in [2.24, 2.45) is 0 Å². The van der Waals surface area contributed by atoms with Gasteiger partial charge in [0.05, 0.1) is 13.2 Å². The van der Waals surface area contributed by atoms with Crippen molar-refractivity contribution < 1.29 is 14.0 Å². The molecule has 1 aliphatic heterocycles. The van der Waals surface area contributed by atoms with Crippen LogP contribution in [0.15, 0.2) is 24.3 Å². The summed E-state index contributed by atoms with van der Waals surface area (Å²) in [4.78, 5) is 15.0. The quantitative estimate of drug-likeness (QED) is 0.774. The highest BCUT2D eigenvalue weighted by Crippen LogP contribution is 2.40. The number of aryl methyl sites for hydroxylation is 1. The first kappa shape index (κ1) is 19.2. The van der Waals surface area contributed by atoms with Crippen LogP contribution >= 0.6 is 0 Å². The molecule has 1 aromatic carbocycles. The van der Waals surface area contributed by atoms with E-state index in [1.807, 2.05) is 29.2 Å². The predicted molar refractivity (Wildman–Crippen MR) is 99.6 cm³/mol. The zero-order chi connectivity index (χ0) is 18.0. The van der Waals surface area contributed by atoms with Crippen molar-refractivity contribution in [3.8, 4) is 0 Å². The lowest BCUT2D eigenvalue weighted by molar-refractivity contribution is -0.143. The number of nitrogens with zero attached hydrogens (tertiary/aromatic N) is 1. The van der Waals surface area contributed by atoms with E-state index >= 15 is 0 Å². The standard InChI is InChI=1S/C19H31NO3Si/c1-15-7-9-16(10-8-15)17(23-24(5,6)19(2,3)4)18(21)20-11-13-22-14-12-20/h7-10,17H,11-14H2,1-6H3. The Balaban J connectivity index is 2.30. The second-order valence-corrected chi connectivity index (χ2v) is 12.9. The monoisotopic (exact) mass is 349 g/mol. The molecule has 0 bridgehead atoms. The van der Waals surface area contributed by atoms with E-state index in [-0.39, 0.29) is 10.9 Å². The van der Waals surface area contributed by atoms with Gasteiger partial charge in [0.2, 0.25) is 0 Å². The molecule has 1 amide bonds. The number of ether oxygens (including phenoxy) is 1. The molecule has 0 aromatic heterocycles. The Morgan fingerprint density at radius 1 is 1.17 bits per heavy atom. The number of rotatable bonds is 4. The summed E-state index contributed by atoms with van der Waals surface area (Å²) in [6, 6.07) is 8.13. The third-order valence-corrected chi connectivity index (χ3v) is 9.58. The van der Waals surface area contributed by atoms with Crippen LogP contribution < -0.4 is 0 Å². The first-order chi connectivity index (χ1) is 11.1. The van der Waals surface area contributed by atoms with Gasteiger partial charge in [0.15, 0.2) is 14.4 Å². The minimum atomic E-state index is -2.07. The van der Waals surface area contributed by atoms with Crippen molar-refractivity contribution in [1.29, 1.82) is 0 Å². The lowest BCUT2D eigenvalue weighted by atomic mass is 10.1. The maximum atomic E-state index is 13.2. The van der Waals surface area contributed by atoms with Gasteiger partial charge in [-0.1, -0.05) is 50.6 Å². The zero-order valence-electron chi connectivity index (χ0n) is 15.9. The minimum Gasteiger partial charge on any atom is -0.402 e. The second-order valence-electron chi connectivity index (χ2n) is 8.11. The maximum absolute atomic E-state index is 13.2. The Bertz CT molecular complexity index is 557. The molecule has 1 atom stereocenters. The van der Waals surface area contributed by atoms with Crippen molar-refractivity contribution in [3.63, 3.8) is 0 Å². The molecule has 0 N–H and O–H groups in total. The van der Waals surface area contributed by atoms with Crippen molar-refractivity contribution in [1.82, 2.24) is 4.90 Å². The highest BCUT2D eigenvalue weighted by Gasteiger charge is 2.42. The molecular weight excluding hydrogens is 318 g/mol. The molecule has 1 unspecified atom stereocenters. The molecule has 2 rings (SSSR count). The molecule has 0 saturated carbocycles.